The predicted octanol–water partition coefficient (Wildman–Crippen LogP) is 2.04. The average molecular weight is 285 g/mol. The van der Waals surface area contributed by atoms with Gasteiger partial charge in [-0.3, -0.25) is 5.10 Å². The molecule has 1 unspecified atom stereocenters. The summed E-state index contributed by atoms with van der Waals surface area (Å²) in [7, 11) is -3.59. The van der Waals surface area contributed by atoms with Crippen LogP contribution in [0.25, 0.3) is 0 Å². The molecule has 1 aromatic rings. The van der Waals surface area contributed by atoms with Gasteiger partial charge in [0.25, 0.3) is 0 Å². The first-order valence-electron chi connectivity index (χ1n) is 4.68. The summed E-state index contributed by atoms with van der Waals surface area (Å²) < 4.78 is 57.1. The molecule has 0 saturated heterocycles. The Morgan fingerprint density at radius 1 is 1.61 bits per heavy atom. The molecule has 0 aliphatic rings. The first-order valence-corrected chi connectivity index (χ1v) is 6.60. The first kappa shape index (κ1) is 14.5. The van der Waals surface area contributed by atoms with Gasteiger partial charge < -0.3 is 4.74 Å². The van der Waals surface area contributed by atoms with E-state index in [0.29, 0.717) is 6.20 Å². The van der Waals surface area contributed by atoms with Crippen LogP contribution in [0.4, 0.5) is 18.0 Å². The fourth-order valence-corrected chi connectivity index (χ4v) is 2.33. The topological polar surface area (TPSA) is 84.4 Å². The number of H-pyrrole nitrogens is 1. The minimum Gasteiger partial charge on any atom is -0.448 e. The number of hydrogen-bond acceptors (Lipinski definition) is 4. The van der Waals surface area contributed by atoms with Crippen LogP contribution < -0.4 is 0 Å². The van der Waals surface area contributed by atoms with Crippen molar-refractivity contribution in [1.82, 2.24) is 10.2 Å². The van der Waals surface area contributed by atoms with Gasteiger partial charge in [0.15, 0.2) is 0 Å². The molecule has 1 N–H and O–H groups in total. The molecule has 1 rings (SSSR count). The highest BCUT2D eigenvalue weighted by Gasteiger charge is 2.37. The Bertz CT molecular complexity index is 557. The molecule has 1 amide bonds. The number of nitrogens with zero attached hydrogens (tertiary/aromatic N) is 2. The lowest BCUT2D eigenvalue weighted by Crippen LogP contribution is -2.12. The summed E-state index contributed by atoms with van der Waals surface area (Å²) in [5, 5.41) is 4.38. The molecule has 0 radical (unpaired) electrons. The van der Waals surface area contributed by atoms with Gasteiger partial charge in [0, 0.05) is 6.26 Å². The van der Waals surface area contributed by atoms with Crippen LogP contribution in [0, 0.1) is 0 Å². The van der Waals surface area contributed by atoms with Gasteiger partial charge in [-0.05, 0) is 6.92 Å². The zero-order valence-corrected chi connectivity index (χ0v) is 10.3. The van der Waals surface area contributed by atoms with Gasteiger partial charge in [-0.25, -0.2) is 9.00 Å². The highest BCUT2D eigenvalue weighted by Crippen LogP contribution is 2.33. The highest BCUT2D eigenvalue weighted by atomic mass is 32.2. The van der Waals surface area contributed by atoms with E-state index in [1.54, 1.807) is 0 Å². The van der Waals surface area contributed by atoms with Gasteiger partial charge >= 0.3 is 12.3 Å². The van der Waals surface area contributed by atoms with Gasteiger partial charge in [0.05, 0.1) is 12.8 Å². The third kappa shape index (κ3) is 3.22. The van der Waals surface area contributed by atoms with Crippen molar-refractivity contribution in [3.05, 3.63) is 11.8 Å². The molecule has 10 heteroatoms. The molecule has 18 heavy (non-hydrogen) atoms. The molecule has 0 spiro atoms. The van der Waals surface area contributed by atoms with Crippen molar-refractivity contribution in [2.75, 3.05) is 12.9 Å². The minimum atomic E-state index is -4.73. The Hall–Kier alpha value is -1.58. The maximum atomic E-state index is 12.6. The van der Waals surface area contributed by atoms with E-state index in [1.165, 1.54) is 6.92 Å². The molecule has 1 atom stereocenters. The van der Waals surface area contributed by atoms with Crippen LogP contribution in [-0.2, 0) is 20.6 Å². The molecule has 6 nitrogen and oxygen atoms in total. The molecular weight excluding hydrogens is 275 g/mol. The fourth-order valence-electron chi connectivity index (χ4n) is 1.10. The van der Waals surface area contributed by atoms with E-state index in [4.69, 9.17) is 0 Å². The lowest BCUT2D eigenvalue weighted by Gasteiger charge is -2.07. The van der Waals surface area contributed by atoms with Crippen LogP contribution >= 0.6 is 0 Å². The highest BCUT2D eigenvalue weighted by molar-refractivity contribution is 7.93. The van der Waals surface area contributed by atoms with Gasteiger partial charge in [0.2, 0.25) is 0 Å². The molecular formula is C8H10F3N3O3S. The number of carbonyl (C=O) groups excluding carboxylic acids is 1. The van der Waals surface area contributed by atoms with Gasteiger partial charge in [-0.1, -0.05) is 0 Å². The largest absolute Gasteiger partial charge is 0.448 e. The minimum absolute atomic E-state index is 0.0209. The Balaban J connectivity index is 3.26. The average Bonchev–Trinajstić information content (AvgIpc) is 2.64. The summed E-state index contributed by atoms with van der Waals surface area (Å²) in [6.45, 7) is 1.47. The van der Waals surface area contributed by atoms with Crippen LogP contribution in [0.1, 0.15) is 12.5 Å². The van der Waals surface area contributed by atoms with Crippen molar-refractivity contribution >= 4 is 15.8 Å². The fraction of sp³-hybridized carbons (Fsp3) is 0.500. The summed E-state index contributed by atoms with van der Waals surface area (Å²) in [4.78, 5) is 11.0. The van der Waals surface area contributed by atoms with E-state index in [1.807, 2.05) is 5.10 Å². The lowest BCUT2D eigenvalue weighted by molar-refractivity contribution is -0.139. The molecule has 1 aromatic heterocycles. The van der Waals surface area contributed by atoms with E-state index in [2.05, 4.69) is 14.2 Å². The Morgan fingerprint density at radius 3 is 2.72 bits per heavy atom. The van der Waals surface area contributed by atoms with Gasteiger partial charge in [0.1, 0.15) is 20.3 Å². The molecule has 0 bridgehead atoms. The Morgan fingerprint density at radius 2 is 2.22 bits per heavy atom. The molecule has 0 aliphatic carbocycles. The quantitative estimate of drug-likeness (QED) is 0.901. The number of carbonyl (C=O) groups is 1. The molecule has 0 fully saturated rings. The van der Waals surface area contributed by atoms with Gasteiger partial charge in [-0.15, -0.1) is 4.36 Å². The third-order valence-electron chi connectivity index (χ3n) is 1.81. The number of rotatable bonds is 2. The molecule has 1 heterocycles. The number of hydrogen-bond donors (Lipinski definition) is 1. The number of aromatic amines is 1. The third-order valence-corrected chi connectivity index (χ3v) is 3.37. The molecule has 0 saturated carbocycles. The van der Waals surface area contributed by atoms with Gasteiger partial charge in [-0.2, -0.15) is 18.3 Å². The second-order valence-electron chi connectivity index (χ2n) is 3.20. The normalized spacial score (nSPS) is 14.9. The van der Waals surface area contributed by atoms with Crippen molar-refractivity contribution in [3.8, 4) is 0 Å². The van der Waals surface area contributed by atoms with Crippen LogP contribution in [-0.4, -0.2) is 33.4 Å². The monoisotopic (exact) mass is 285 g/mol. The van der Waals surface area contributed by atoms with Crippen LogP contribution in [0.2, 0.25) is 0 Å². The smallest absolute Gasteiger partial charge is 0.442 e. The number of halogens is 3. The predicted molar refractivity (Wildman–Crippen MR) is 55.4 cm³/mol. The van der Waals surface area contributed by atoms with E-state index >= 15 is 0 Å². The van der Waals surface area contributed by atoms with Crippen LogP contribution in [0.15, 0.2) is 15.6 Å². The standard InChI is InChI=1S/C8H10F3N3O3S/c1-3-17-7(15)14-18(2,16)6-5(4-12-13-6)8(9,10)11/h4H,3H2,1-2H3,(H,12,13). The second kappa shape index (κ2) is 4.96. The number of alkyl halides is 3. The molecule has 0 aliphatic heterocycles. The molecule has 0 aromatic carbocycles. The Labute approximate surface area is 101 Å². The van der Waals surface area contributed by atoms with Crippen molar-refractivity contribution in [2.24, 2.45) is 4.36 Å². The first-order chi connectivity index (χ1) is 8.18. The zero-order chi connectivity index (χ0) is 14.0. The summed E-state index contributed by atoms with van der Waals surface area (Å²) >= 11 is 0. The van der Waals surface area contributed by atoms with Crippen LogP contribution in [0.3, 0.4) is 0 Å². The van der Waals surface area contributed by atoms with E-state index < -0.39 is 32.6 Å². The number of nitrogens with one attached hydrogen (secondary N) is 1. The number of ether oxygens (including phenoxy) is 1. The van der Waals surface area contributed by atoms with E-state index in [0.717, 1.165) is 6.26 Å². The number of amides is 1. The van der Waals surface area contributed by atoms with Crippen molar-refractivity contribution in [1.29, 1.82) is 0 Å². The van der Waals surface area contributed by atoms with Crippen molar-refractivity contribution in [2.45, 2.75) is 18.1 Å². The Kier molecular flexibility index (Phi) is 3.99. The maximum Gasteiger partial charge on any atom is 0.442 e. The molecule has 102 valence electrons. The summed E-state index contributed by atoms with van der Waals surface area (Å²) in [6, 6.07) is 0. The van der Waals surface area contributed by atoms with E-state index in [9.17, 15) is 22.2 Å². The summed E-state index contributed by atoms with van der Waals surface area (Å²) in [6.07, 6.45) is -4.54. The lowest BCUT2D eigenvalue weighted by atomic mass is 10.4. The maximum absolute atomic E-state index is 12.6. The zero-order valence-electron chi connectivity index (χ0n) is 9.45. The van der Waals surface area contributed by atoms with Crippen molar-refractivity contribution < 1.29 is 26.9 Å². The number of aromatic nitrogens is 2. The summed E-state index contributed by atoms with van der Waals surface area (Å²) in [5.74, 6) is 0. The SMILES string of the molecule is CCOC(=O)N=S(C)(=O)c1[nH]ncc1C(F)(F)F. The van der Waals surface area contributed by atoms with Crippen molar-refractivity contribution in [3.63, 3.8) is 0 Å². The van der Waals surface area contributed by atoms with Crippen LogP contribution in [0.5, 0.6) is 0 Å². The second-order valence-corrected chi connectivity index (χ2v) is 5.40. The summed E-state index contributed by atoms with van der Waals surface area (Å²) in [5.41, 5.74) is -1.22. The van der Waals surface area contributed by atoms with E-state index in [-0.39, 0.29) is 6.61 Å².